The Labute approximate surface area is 153 Å². The third-order valence-corrected chi connectivity index (χ3v) is 3.99. The molecular formula is C19H26N2O5. The van der Waals surface area contributed by atoms with Crippen LogP contribution in [0.1, 0.15) is 38.3 Å². The minimum atomic E-state index is -0.580. The number of carbonyl (C=O) groups excluding carboxylic acids is 2. The maximum absolute atomic E-state index is 12.5. The molecule has 1 aliphatic rings. The van der Waals surface area contributed by atoms with Crippen LogP contribution in [0, 0.1) is 0 Å². The summed E-state index contributed by atoms with van der Waals surface area (Å²) in [4.78, 5) is 24.3. The summed E-state index contributed by atoms with van der Waals surface area (Å²) in [6.45, 7) is 4.91. The molecule has 0 fully saturated rings. The highest BCUT2D eigenvalue weighted by atomic mass is 16.6. The molecule has 1 aliphatic heterocycles. The third-order valence-electron chi connectivity index (χ3n) is 3.99. The van der Waals surface area contributed by atoms with Gasteiger partial charge in [-0.2, -0.15) is 0 Å². The fourth-order valence-electron chi connectivity index (χ4n) is 2.60. The Hall–Kier alpha value is -2.54. The fraction of sp³-hybridized carbons (Fsp3) is 0.474. The van der Waals surface area contributed by atoms with Crippen molar-refractivity contribution in [3.05, 3.63) is 41.1 Å². The summed E-state index contributed by atoms with van der Waals surface area (Å²) in [7, 11) is 1.54. The standard InChI is InChI=1S/C19H26N2O5/c1-4-5-10-25-15-8-6-14(7-9-15)17-16(13(2)20-19(23)21-17)18(22)26-12-11-24-3/h6-9,17H,4-5,10-12H2,1-3H3,(H2,20,21,23)/t17-/m0/s1. The molecule has 2 rings (SSSR count). The van der Waals surface area contributed by atoms with E-state index in [-0.39, 0.29) is 12.6 Å². The van der Waals surface area contributed by atoms with Crippen LogP contribution in [0.25, 0.3) is 0 Å². The highest BCUT2D eigenvalue weighted by Crippen LogP contribution is 2.28. The average molecular weight is 362 g/mol. The number of esters is 1. The molecule has 26 heavy (non-hydrogen) atoms. The van der Waals surface area contributed by atoms with Crippen LogP contribution in [-0.4, -0.2) is 38.9 Å². The number of unbranched alkanes of at least 4 members (excludes halogenated alkanes) is 1. The third kappa shape index (κ3) is 5.23. The quantitative estimate of drug-likeness (QED) is 0.521. The molecule has 0 saturated heterocycles. The van der Waals surface area contributed by atoms with Crippen molar-refractivity contribution < 1.29 is 23.8 Å². The van der Waals surface area contributed by atoms with E-state index in [0.29, 0.717) is 24.5 Å². The van der Waals surface area contributed by atoms with E-state index in [4.69, 9.17) is 14.2 Å². The highest BCUT2D eigenvalue weighted by molar-refractivity contribution is 5.95. The first-order valence-electron chi connectivity index (χ1n) is 8.74. The summed E-state index contributed by atoms with van der Waals surface area (Å²) in [5.74, 6) is 0.271. The van der Waals surface area contributed by atoms with E-state index in [9.17, 15) is 9.59 Å². The van der Waals surface area contributed by atoms with Crippen LogP contribution in [0.15, 0.2) is 35.5 Å². The SMILES string of the molecule is CCCCOc1ccc([C@@H]2NC(=O)NC(C)=C2C(=O)OCCOC)cc1. The molecule has 1 aromatic carbocycles. The number of hydrogen-bond donors (Lipinski definition) is 2. The molecule has 0 aliphatic carbocycles. The van der Waals surface area contributed by atoms with Crippen LogP contribution in [0.2, 0.25) is 0 Å². The first kappa shape index (κ1) is 19.8. The molecule has 0 spiro atoms. The summed E-state index contributed by atoms with van der Waals surface area (Å²) < 4.78 is 15.8. The summed E-state index contributed by atoms with van der Waals surface area (Å²) in [5, 5.41) is 5.39. The van der Waals surface area contributed by atoms with E-state index >= 15 is 0 Å². The second kappa shape index (κ2) is 9.82. The second-order valence-corrected chi connectivity index (χ2v) is 5.97. The van der Waals surface area contributed by atoms with Crippen molar-refractivity contribution in [1.29, 1.82) is 0 Å². The van der Waals surface area contributed by atoms with E-state index < -0.39 is 12.0 Å². The van der Waals surface area contributed by atoms with Gasteiger partial charge in [-0.15, -0.1) is 0 Å². The molecule has 0 unspecified atom stereocenters. The van der Waals surface area contributed by atoms with Gasteiger partial charge in [0.1, 0.15) is 12.4 Å². The maximum Gasteiger partial charge on any atom is 0.338 e. The first-order valence-corrected chi connectivity index (χ1v) is 8.74. The zero-order chi connectivity index (χ0) is 18.9. The summed E-state index contributed by atoms with van der Waals surface area (Å²) in [5.41, 5.74) is 1.63. The number of allylic oxidation sites excluding steroid dienone is 1. The van der Waals surface area contributed by atoms with Crippen molar-refractivity contribution >= 4 is 12.0 Å². The summed E-state index contributed by atoms with van der Waals surface area (Å²) in [6, 6.07) is 6.42. The zero-order valence-corrected chi connectivity index (χ0v) is 15.5. The molecular weight excluding hydrogens is 336 g/mol. The van der Waals surface area contributed by atoms with Gasteiger partial charge in [0.25, 0.3) is 0 Å². The van der Waals surface area contributed by atoms with Gasteiger partial charge in [-0.3, -0.25) is 0 Å². The Morgan fingerprint density at radius 3 is 2.54 bits per heavy atom. The molecule has 0 bridgehead atoms. The van der Waals surface area contributed by atoms with Crippen molar-refractivity contribution in [3.8, 4) is 5.75 Å². The lowest BCUT2D eigenvalue weighted by molar-refractivity contribution is -0.140. The van der Waals surface area contributed by atoms with Crippen LogP contribution < -0.4 is 15.4 Å². The minimum Gasteiger partial charge on any atom is -0.494 e. The molecule has 1 heterocycles. The molecule has 0 aromatic heterocycles. The molecule has 2 N–H and O–H groups in total. The van der Waals surface area contributed by atoms with Gasteiger partial charge in [-0.05, 0) is 31.0 Å². The van der Waals surface area contributed by atoms with Gasteiger partial charge in [0.2, 0.25) is 0 Å². The van der Waals surface area contributed by atoms with E-state index in [0.717, 1.165) is 24.2 Å². The molecule has 7 nitrogen and oxygen atoms in total. The van der Waals surface area contributed by atoms with Gasteiger partial charge in [0.15, 0.2) is 0 Å². The van der Waals surface area contributed by atoms with Crippen molar-refractivity contribution in [3.63, 3.8) is 0 Å². The smallest absolute Gasteiger partial charge is 0.338 e. The minimum absolute atomic E-state index is 0.150. The Morgan fingerprint density at radius 1 is 1.15 bits per heavy atom. The Bertz CT molecular complexity index is 654. The largest absolute Gasteiger partial charge is 0.494 e. The number of nitrogens with one attached hydrogen (secondary N) is 2. The van der Waals surface area contributed by atoms with Gasteiger partial charge >= 0.3 is 12.0 Å². The van der Waals surface area contributed by atoms with Gasteiger partial charge in [0.05, 0.1) is 24.8 Å². The topological polar surface area (TPSA) is 85.9 Å². The van der Waals surface area contributed by atoms with Crippen LogP contribution >= 0.6 is 0 Å². The van der Waals surface area contributed by atoms with Crippen molar-refractivity contribution in [2.75, 3.05) is 26.9 Å². The van der Waals surface area contributed by atoms with Crippen LogP contribution in [0.3, 0.4) is 0 Å². The molecule has 142 valence electrons. The van der Waals surface area contributed by atoms with E-state index in [1.807, 2.05) is 24.3 Å². The molecule has 2 amide bonds. The van der Waals surface area contributed by atoms with E-state index in [1.165, 1.54) is 7.11 Å². The van der Waals surface area contributed by atoms with Crippen molar-refractivity contribution in [2.24, 2.45) is 0 Å². The number of urea groups is 1. The number of rotatable bonds is 9. The van der Waals surface area contributed by atoms with Gasteiger partial charge < -0.3 is 24.8 Å². The molecule has 0 radical (unpaired) electrons. The van der Waals surface area contributed by atoms with Crippen LogP contribution in [0.5, 0.6) is 5.75 Å². The molecule has 1 aromatic rings. The number of amides is 2. The lowest BCUT2D eigenvalue weighted by Crippen LogP contribution is -2.45. The van der Waals surface area contributed by atoms with Crippen molar-refractivity contribution in [1.82, 2.24) is 10.6 Å². The Balaban J connectivity index is 2.17. The second-order valence-electron chi connectivity index (χ2n) is 5.97. The monoisotopic (exact) mass is 362 g/mol. The highest BCUT2D eigenvalue weighted by Gasteiger charge is 2.32. The molecule has 7 heteroatoms. The number of ether oxygens (including phenoxy) is 3. The van der Waals surface area contributed by atoms with E-state index in [1.54, 1.807) is 6.92 Å². The first-order chi connectivity index (χ1) is 12.6. The number of methoxy groups -OCH3 is 1. The zero-order valence-electron chi connectivity index (χ0n) is 15.5. The lowest BCUT2D eigenvalue weighted by atomic mass is 9.95. The number of benzene rings is 1. The van der Waals surface area contributed by atoms with Crippen LogP contribution in [0.4, 0.5) is 4.79 Å². The normalized spacial score (nSPS) is 16.7. The summed E-state index contributed by atoms with van der Waals surface area (Å²) in [6.07, 6.45) is 2.06. The maximum atomic E-state index is 12.5. The number of hydrogen-bond acceptors (Lipinski definition) is 5. The predicted molar refractivity (Wildman–Crippen MR) is 96.8 cm³/mol. The Kier molecular flexibility index (Phi) is 7.47. The van der Waals surface area contributed by atoms with Crippen molar-refractivity contribution in [2.45, 2.75) is 32.7 Å². The fourth-order valence-corrected chi connectivity index (χ4v) is 2.60. The van der Waals surface area contributed by atoms with Gasteiger partial charge in [-0.1, -0.05) is 25.5 Å². The van der Waals surface area contributed by atoms with Gasteiger partial charge in [0, 0.05) is 12.8 Å². The van der Waals surface area contributed by atoms with Gasteiger partial charge in [-0.25, -0.2) is 9.59 Å². The average Bonchev–Trinajstić information content (AvgIpc) is 2.62. The molecule has 0 saturated carbocycles. The summed E-state index contributed by atoms with van der Waals surface area (Å²) >= 11 is 0. The lowest BCUT2D eigenvalue weighted by Gasteiger charge is -2.28. The predicted octanol–water partition coefficient (Wildman–Crippen LogP) is 2.68. The number of carbonyl (C=O) groups is 2. The van der Waals surface area contributed by atoms with E-state index in [2.05, 4.69) is 17.6 Å². The van der Waals surface area contributed by atoms with Crippen LogP contribution in [-0.2, 0) is 14.3 Å². The Morgan fingerprint density at radius 2 is 1.88 bits per heavy atom. The molecule has 1 atom stereocenters.